The number of benzene rings is 1. The molecule has 0 N–H and O–H groups in total. The van der Waals surface area contributed by atoms with E-state index >= 15 is 0 Å². The van der Waals surface area contributed by atoms with E-state index in [1.165, 1.54) is 11.3 Å². The van der Waals surface area contributed by atoms with E-state index in [1.54, 1.807) is 11.8 Å². The summed E-state index contributed by atoms with van der Waals surface area (Å²) in [7, 11) is 0. The van der Waals surface area contributed by atoms with Gasteiger partial charge in [-0.1, -0.05) is 17.7 Å². The zero-order valence-corrected chi connectivity index (χ0v) is 15.9. The number of piperidine rings is 1. The van der Waals surface area contributed by atoms with E-state index < -0.39 is 0 Å². The molecule has 3 heterocycles. The Morgan fingerprint density at radius 1 is 1.12 bits per heavy atom. The lowest BCUT2D eigenvalue weighted by molar-refractivity contribution is -0.116. The zero-order valence-electron chi connectivity index (χ0n) is 13.5. The molecule has 2 aliphatic heterocycles. The van der Waals surface area contributed by atoms with Crippen molar-refractivity contribution in [3.8, 4) is 0 Å². The summed E-state index contributed by atoms with van der Waals surface area (Å²) in [5.74, 6) is 0.712. The molecule has 1 aromatic heterocycles. The highest BCUT2D eigenvalue weighted by molar-refractivity contribution is 8.02. The van der Waals surface area contributed by atoms with Crippen LogP contribution in [0.4, 0.5) is 5.69 Å². The van der Waals surface area contributed by atoms with Gasteiger partial charge in [-0.05, 0) is 48.6 Å². The number of anilines is 1. The molecule has 2 amide bonds. The molecule has 2 aliphatic rings. The summed E-state index contributed by atoms with van der Waals surface area (Å²) in [6.07, 6.45) is 1.56. The van der Waals surface area contributed by atoms with Crippen molar-refractivity contribution in [1.82, 2.24) is 4.90 Å². The highest BCUT2D eigenvalue weighted by Crippen LogP contribution is 2.47. The Labute approximate surface area is 159 Å². The van der Waals surface area contributed by atoms with Crippen molar-refractivity contribution in [2.75, 3.05) is 23.7 Å². The molecule has 2 aromatic rings. The van der Waals surface area contributed by atoms with Crippen LogP contribution < -0.4 is 4.90 Å². The average Bonchev–Trinajstić information content (AvgIpc) is 3.26. The Hall–Kier alpha value is -1.50. The maximum Gasteiger partial charge on any atom is 0.263 e. The van der Waals surface area contributed by atoms with Crippen LogP contribution in [0.3, 0.4) is 0 Å². The van der Waals surface area contributed by atoms with Crippen molar-refractivity contribution in [1.29, 1.82) is 0 Å². The van der Waals surface area contributed by atoms with E-state index in [0.717, 1.165) is 23.4 Å². The number of halogens is 1. The molecule has 25 heavy (non-hydrogen) atoms. The van der Waals surface area contributed by atoms with Gasteiger partial charge in [-0.2, -0.15) is 0 Å². The number of thiophene rings is 1. The van der Waals surface area contributed by atoms with Gasteiger partial charge in [-0.25, -0.2) is 0 Å². The topological polar surface area (TPSA) is 40.6 Å². The van der Waals surface area contributed by atoms with Crippen molar-refractivity contribution in [2.24, 2.45) is 0 Å². The summed E-state index contributed by atoms with van der Waals surface area (Å²) in [4.78, 5) is 29.4. The average molecular weight is 393 g/mol. The van der Waals surface area contributed by atoms with Crippen LogP contribution in [0.25, 0.3) is 0 Å². The molecule has 0 aliphatic carbocycles. The molecule has 4 nitrogen and oxygen atoms in total. The summed E-state index contributed by atoms with van der Waals surface area (Å²) in [6, 6.07) is 11.2. The third-order valence-electron chi connectivity index (χ3n) is 4.77. The van der Waals surface area contributed by atoms with E-state index in [2.05, 4.69) is 0 Å². The molecule has 0 atom stereocenters. The van der Waals surface area contributed by atoms with Crippen molar-refractivity contribution in [3.05, 3.63) is 51.7 Å². The summed E-state index contributed by atoms with van der Waals surface area (Å²) >= 11 is 9.16. The number of carbonyl (C=O) groups excluding carboxylic acids is 2. The van der Waals surface area contributed by atoms with Crippen LogP contribution in [0.1, 0.15) is 22.5 Å². The van der Waals surface area contributed by atoms with Crippen LogP contribution in [-0.2, 0) is 4.79 Å². The minimum Gasteiger partial charge on any atom is -0.338 e. The SMILES string of the molecule is O=C(c1cccs1)N1CCC2(CC1)SCC(=O)N2c1ccc(Cl)cc1. The largest absolute Gasteiger partial charge is 0.338 e. The number of carbonyl (C=O) groups is 2. The predicted molar refractivity (Wildman–Crippen MR) is 104 cm³/mol. The van der Waals surface area contributed by atoms with Gasteiger partial charge in [-0.3, -0.25) is 14.5 Å². The van der Waals surface area contributed by atoms with Gasteiger partial charge in [0.25, 0.3) is 5.91 Å². The molecule has 0 saturated carbocycles. The fourth-order valence-electron chi connectivity index (χ4n) is 3.51. The van der Waals surface area contributed by atoms with E-state index in [0.29, 0.717) is 23.9 Å². The van der Waals surface area contributed by atoms with Crippen molar-refractivity contribution in [3.63, 3.8) is 0 Å². The Morgan fingerprint density at radius 2 is 1.84 bits per heavy atom. The monoisotopic (exact) mass is 392 g/mol. The second-order valence-corrected chi connectivity index (χ2v) is 8.93. The van der Waals surface area contributed by atoms with Crippen molar-refractivity contribution >= 4 is 52.2 Å². The lowest BCUT2D eigenvalue weighted by atomic mass is 10.0. The summed E-state index contributed by atoms with van der Waals surface area (Å²) in [5, 5.41) is 2.58. The zero-order chi connectivity index (χ0) is 17.4. The number of nitrogens with zero attached hydrogens (tertiary/aromatic N) is 2. The maximum atomic E-state index is 12.6. The van der Waals surface area contributed by atoms with Gasteiger partial charge in [0.05, 0.1) is 15.5 Å². The van der Waals surface area contributed by atoms with Gasteiger partial charge >= 0.3 is 0 Å². The number of thioether (sulfide) groups is 1. The van der Waals surface area contributed by atoms with Crippen LogP contribution in [0, 0.1) is 0 Å². The van der Waals surface area contributed by atoms with Crippen LogP contribution in [0.2, 0.25) is 5.02 Å². The minimum absolute atomic E-state index is 0.0946. The number of hydrogen-bond acceptors (Lipinski definition) is 4. The number of rotatable bonds is 2. The first-order valence-corrected chi connectivity index (χ1v) is 10.4. The lowest BCUT2D eigenvalue weighted by Crippen LogP contribution is -2.53. The predicted octanol–water partition coefficient (Wildman–Crippen LogP) is 4.11. The van der Waals surface area contributed by atoms with Gasteiger partial charge in [0.2, 0.25) is 5.91 Å². The van der Waals surface area contributed by atoms with Crippen LogP contribution >= 0.6 is 34.7 Å². The molecule has 2 saturated heterocycles. The Balaban J connectivity index is 1.53. The summed E-state index contributed by atoms with van der Waals surface area (Å²) in [6.45, 7) is 1.34. The maximum absolute atomic E-state index is 12.6. The second kappa shape index (κ2) is 6.67. The standard InChI is InChI=1S/C18H17ClN2O2S2/c19-13-3-5-14(6-4-13)21-16(22)12-25-18(21)7-9-20(10-8-18)17(23)15-2-1-11-24-15/h1-6,11H,7-10,12H2. The van der Waals surface area contributed by atoms with E-state index in [1.807, 2.05) is 51.6 Å². The van der Waals surface area contributed by atoms with Crippen LogP contribution in [0.15, 0.2) is 41.8 Å². The molecular weight excluding hydrogens is 376 g/mol. The number of hydrogen-bond donors (Lipinski definition) is 0. The van der Waals surface area contributed by atoms with Gasteiger partial charge in [0.15, 0.2) is 0 Å². The Kier molecular flexibility index (Phi) is 4.52. The number of amides is 2. The van der Waals surface area contributed by atoms with E-state index in [9.17, 15) is 9.59 Å². The molecular formula is C18H17ClN2O2S2. The molecule has 1 aromatic carbocycles. The first-order chi connectivity index (χ1) is 12.1. The fraction of sp³-hybridized carbons (Fsp3) is 0.333. The fourth-order valence-corrected chi connectivity index (χ4v) is 5.65. The molecule has 0 unspecified atom stereocenters. The normalized spacial score (nSPS) is 19.6. The summed E-state index contributed by atoms with van der Waals surface area (Å²) in [5.41, 5.74) is 0.887. The highest BCUT2D eigenvalue weighted by Gasteiger charge is 2.49. The lowest BCUT2D eigenvalue weighted by Gasteiger charge is -2.43. The van der Waals surface area contributed by atoms with Gasteiger partial charge in [0.1, 0.15) is 0 Å². The van der Waals surface area contributed by atoms with Gasteiger partial charge < -0.3 is 4.90 Å². The van der Waals surface area contributed by atoms with Crippen molar-refractivity contribution in [2.45, 2.75) is 17.7 Å². The van der Waals surface area contributed by atoms with Crippen LogP contribution in [0.5, 0.6) is 0 Å². The van der Waals surface area contributed by atoms with Crippen molar-refractivity contribution < 1.29 is 9.59 Å². The van der Waals surface area contributed by atoms with E-state index in [4.69, 9.17) is 11.6 Å². The molecule has 0 bridgehead atoms. The van der Waals surface area contributed by atoms with Crippen LogP contribution in [-0.4, -0.2) is 40.4 Å². The molecule has 1 spiro atoms. The van der Waals surface area contributed by atoms with Gasteiger partial charge in [-0.15, -0.1) is 23.1 Å². The molecule has 4 rings (SSSR count). The minimum atomic E-state index is -0.253. The smallest absolute Gasteiger partial charge is 0.263 e. The highest BCUT2D eigenvalue weighted by atomic mass is 35.5. The quantitative estimate of drug-likeness (QED) is 0.772. The molecule has 0 radical (unpaired) electrons. The Bertz CT molecular complexity index is 784. The molecule has 7 heteroatoms. The summed E-state index contributed by atoms with van der Waals surface area (Å²) < 4.78 is 0. The third-order valence-corrected chi connectivity index (χ3v) is 7.40. The van der Waals surface area contributed by atoms with E-state index in [-0.39, 0.29) is 16.7 Å². The van der Waals surface area contributed by atoms with Gasteiger partial charge in [0, 0.05) is 23.8 Å². The first kappa shape index (κ1) is 16.9. The molecule has 130 valence electrons. The first-order valence-electron chi connectivity index (χ1n) is 8.14. The number of likely N-dealkylation sites (tertiary alicyclic amines) is 1. The second-order valence-electron chi connectivity index (χ2n) is 6.21. The third kappa shape index (κ3) is 3.07. The molecule has 2 fully saturated rings. The Morgan fingerprint density at radius 3 is 2.48 bits per heavy atom.